The van der Waals surface area contributed by atoms with Crippen LogP contribution < -0.4 is 10.6 Å². The zero-order valence-corrected chi connectivity index (χ0v) is 15.8. The predicted molar refractivity (Wildman–Crippen MR) is 106 cm³/mol. The Labute approximate surface area is 163 Å². The third-order valence-corrected chi connectivity index (χ3v) is 5.62. The van der Waals surface area contributed by atoms with Gasteiger partial charge in [-0.25, -0.2) is 4.79 Å². The minimum absolute atomic E-state index is 0.299. The molecule has 28 heavy (non-hydrogen) atoms. The van der Waals surface area contributed by atoms with E-state index in [4.69, 9.17) is 0 Å². The van der Waals surface area contributed by atoms with Gasteiger partial charge < -0.3 is 10.6 Å². The third kappa shape index (κ3) is 2.95. The molecule has 6 nitrogen and oxygen atoms in total. The van der Waals surface area contributed by atoms with Gasteiger partial charge in [0.15, 0.2) is 0 Å². The summed E-state index contributed by atoms with van der Waals surface area (Å²) in [7, 11) is 0. The molecule has 144 valence electrons. The molecule has 1 heterocycles. The number of carbonyl (C=O) groups excluding carboxylic acids is 3. The number of urea groups is 1. The highest BCUT2D eigenvalue weighted by atomic mass is 16.2. The number of imide groups is 1. The van der Waals surface area contributed by atoms with Crippen molar-refractivity contribution in [2.75, 3.05) is 11.9 Å². The van der Waals surface area contributed by atoms with E-state index in [1.807, 2.05) is 55.5 Å². The topological polar surface area (TPSA) is 78.5 Å². The largest absolute Gasteiger partial charge is 0.325 e. The maximum Gasteiger partial charge on any atom is 0.325 e. The summed E-state index contributed by atoms with van der Waals surface area (Å²) in [5.74, 6) is -0.728. The molecule has 4 amide bonds. The second-order valence-electron chi connectivity index (χ2n) is 7.30. The number of benzene rings is 2. The molecular weight excluding hydrogens is 354 g/mol. The fraction of sp³-hybridized carbons (Fsp3) is 0.318. The smallest absolute Gasteiger partial charge is 0.324 e. The molecule has 1 atom stereocenters. The quantitative estimate of drug-likeness (QED) is 0.804. The number of hydrogen-bond acceptors (Lipinski definition) is 3. The van der Waals surface area contributed by atoms with E-state index in [9.17, 15) is 14.4 Å². The van der Waals surface area contributed by atoms with Crippen LogP contribution in [0.1, 0.15) is 36.5 Å². The van der Waals surface area contributed by atoms with Gasteiger partial charge in [0, 0.05) is 5.69 Å². The lowest BCUT2D eigenvalue weighted by atomic mass is 9.76. The highest BCUT2D eigenvalue weighted by molar-refractivity contribution is 6.10. The van der Waals surface area contributed by atoms with E-state index in [-0.39, 0.29) is 18.4 Å². The highest BCUT2D eigenvalue weighted by Gasteiger charge is 2.54. The second-order valence-corrected chi connectivity index (χ2v) is 7.30. The van der Waals surface area contributed by atoms with Crippen LogP contribution in [-0.4, -0.2) is 29.3 Å². The minimum atomic E-state index is -1.05. The van der Waals surface area contributed by atoms with Gasteiger partial charge in [-0.2, -0.15) is 0 Å². The number of carbonyl (C=O) groups is 3. The van der Waals surface area contributed by atoms with Crippen molar-refractivity contribution in [3.63, 3.8) is 0 Å². The Morgan fingerprint density at radius 3 is 2.71 bits per heavy atom. The Hall–Kier alpha value is -3.15. The maximum atomic E-state index is 13.2. The third-order valence-electron chi connectivity index (χ3n) is 5.62. The summed E-state index contributed by atoms with van der Waals surface area (Å²) >= 11 is 0. The van der Waals surface area contributed by atoms with Crippen molar-refractivity contribution in [3.05, 3.63) is 65.2 Å². The summed E-state index contributed by atoms with van der Waals surface area (Å²) in [6, 6.07) is 14.7. The molecule has 6 heteroatoms. The zero-order chi connectivity index (χ0) is 19.7. The van der Waals surface area contributed by atoms with E-state index >= 15 is 0 Å². The van der Waals surface area contributed by atoms with Crippen LogP contribution in [0.2, 0.25) is 0 Å². The normalized spacial score (nSPS) is 20.8. The van der Waals surface area contributed by atoms with Gasteiger partial charge in [0.25, 0.3) is 5.91 Å². The fourth-order valence-corrected chi connectivity index (χ4v) is 4.24. The number of para-hydroxylation sites is 1. The van der Waals surface area contributed by atoms with Crippen molar-refractivity contribution in [2.45, 2.75) is 38.1 Å². The van der Waals surface area contributed by atoms with E-state index in [1.54, 1.807) is 0 Å². The van der Waals surface area contributed by atoms with Crippen LogP contribution in [0.4, 0.5) is 10.5 Å². The van der Waals surface area contributed by atoms with E-state index in [0.717, 1.165) is 40.9 Å². The molecule has 2 aromatic rings. The Kier molecular flexibility index (Phi) is 4.63. The molecule has 2 N–H and O–H groups in total. The summed E-state index contributed by atoms with van der Waals surface area (Å²) in [4.78, 5) is 39.4. The van der Waals surface area contributed by atoms with Crippen LogP contribution in [0.3, 0.4) is 0 Å². The standard InChI is InChI=1S/C22H23N3O3/c1-2-15-8-4-6-12-18(15)23-19(26)14-25-20(27)22(24-21(25)28)13-7-10-16-9-3-5-11-17(16)22/h3-6,8-9,11-12H,2,7,10,13-14H2,1H3,(H,23,26)(H,24,28). The molecule has 1 saturated heterocycles. The Bertz CT molecular complexity index is 956. The molecule has 4 rings (SSSR count). The van der Waals surface area contributed by atoms with Crippen LogP contribution in [-0.2, 0) is 28.0 Å². The zero-order valence-electron chi connectivity index (χ0n) is 15.8. The van der Waals surface area contributed by atoms with Crippen LogP contribution in [0, 0.1) is 0 Å². The highest BCUT2D eigenvalue weighted by Crippen LogP contribution is 2.39. The van der Waals surface area contributed by atoms with Gasteiger partial charge in [-0.15, -0.1) is 0 Å². The lowest BCUT2D eigenvalue weighted by molar-refractivity contribution is -0.134. The van der Waals surface area contributed by atoms with Gasteiger partial charge in [-0.05, 0) is 48.4 Å². The lowest BCUT2D eigenvalue weighted by Gasteiger charge is -2.33. The summed E-state index contributed by atoms with van der Waals surface area (Å²) in [5.41, 5.74) is 2.59. The average Bonchev–Trinajstić information content (AvgIpc) is 2.93. The Morgan fingerprint density at radius 1 is 1.14 bits per heavy atom. The van der Waals surface area contributed by atoms with E-state index < -0.39 is 11.6 Å². The van der Waals surface area contributed by atoms with Crippen LogP contribution in [0.25, 0.3) is 0 Å². The number of rotatable bonds is 4. The molecule has 1 spiro atoms. The first-order valence-corrected chi connectivity index (χ1v) is 9.65. The van der Waals surface area contributed by atoms with Gasteiger partial charge >= 0.3 is 6.03 Å². The van der Waals surface area contributed by atoms with Crippen molar-refractivity contribution < 1.29 is 14.4 Å². The van der Waals surface area contributed by atoms with Crippen molar-refractivity contribution in [2.24, 2.45) is 0 Å². The van der Waals surface area contributed by atoms with Gasteiger partial charge in [-0.1, -0.05) is 49.4 Å². The average molecular weight is 377 g/mol. The number of hydrogen-bond donors (Lipinski definition) is 2. The molecule has 0 bridgehead atoms. The molecule has 1 unspecified atom stereocenters. The first kappa shape index (κ1) is 18.2. The summed E-state index contributed by atoms with van der Waals surface area (Å²) in [5, 5.41) is 5.70. The van der Waals surface area contributed by atoms with Crippen LogP contribution >= 0.6 is 0 Å². The van der Waals surface area contributed by atoms with Crippen molar-refractivity contribution in [3.8, 4) is 0 Å². The van der Waals surface area contributed by atoms with Crippen LogP contribution in [0.15, 0.2) is 48.5 Å². The molecule has 1 fully saturated rings. The van der Waals surface area contributed by atoms with E-state index in [0.29, 0.717) is 12.1 Å². The van der Waals surface area contributed by atoms with Crippen LogP contribution in [0.5, 0.6) is 0 Å². The Balaban J connectivity index is 1.55. The molecule has 2 aromatic carbocycles. The number of aryl methyl sites for hydroxylation is 2. The SMILES string of the molecule is CCc1ccccc1NC(=O)CN1C(=O)NC2(CCCc3ccccc32)C1=O. The van der Waals surface area contributed by atoms with Gasteiger partial charge in [0.2, 0.25) is 5.91 Å². The number of fused-ring (bicyclic) bond motifs is 2. The van der Waals surface area contributed by atoms with Crippen molar-refractivity contribution in [1.82, 2.24) is 10.2 Å². The van der Waals surface area contributed by atoms with Gasteiger partial charge in [0.05, 0.1) is 0 Å². The molecule has 0 saturated carbocycles. The fourth-order valence-electron chi connectivity index (χ4n) is 4.24. The first-order valence-electron chi connectivity index (χ1n) is 9.65. The van der Waals surface area contributed by atoms with E-state index in [2.05, 4.69) is 10.6 Å². The summed E-state index contributed by atoms with van der Waals surface area (Å²) < 4.78 is 0. The monoisotopic (exact) mass is 377 g/mol. The summed E-state index contributed by atoms with van der Waals surface area (Å²) in [6.07, 6.45) is 3.02. The predicted octanol–water partition coefficient (Wildman–Crippen LogP) is 2.97. The number of nitrogens with zero attached hydrogens (tertiary/aromatic N) is 1. The second kappa shape index (κ2) is 7.11. The summed E-state index contributed by atoms with van der Waals surface area (Å²) in [6.45, 7) is 1.71. The van der Waals surface area contributed by atoms with Gasteiger partial charge in [-0.3, -0.25) is 14.5 Å². The molecule has 2 aliphatic rings. The first-order chi connectivity index (χ1) is 13.5. The van der Waals surface area contributed by atoms with Crippen molar-refractivity contribution >= 4 is 23.5 Å². The number of amides is 4. The number of nitrogens with one attached hydrogen (secondary N) is 2. The van der Waals surface area contributed by atoms with Crippen molar-refractivity contribution in [1.29, 1.82) is 0 Å². The molecule has 1 aliphatic heterocycles. The molecule has 0 aromatic heterocycles. The van der Waals surface area contributed by atoms with E-state index in [1.165, 1.54) is 0 Å². The molecular formula is C22H23N3O3. The minimum Gasteiger partial charge on any atom is -0.324 e. The van der Waals surface area contributed by atoms with Gasteiger partial charge in [0.1, 0.15) is 12.1 Å². The molecule has 1 aliphatic carbocycles. The Morgan fingerprint density at radius 2 is 1.89 bits per heavy atom. The number of anilines is 1. The lowest BCUT2D eigenvalue weighted by Crippen LogP contribution is -2.47. The molecule has 0 radical (unpaired) electrons. The maximum absolute atomic E-state index is 13.2.